The minimum absolute atomic E-state index is 0.0171. The van der Waals surface area contributed by atoms with Crippen LogP contribution in [0.3, 0.4) is 0 Å². The molecule has 0 amide bonds. The van der Waals surface area contributed by atoms with Gasteiger partial charge >= 0.3 is 0 Å². The van der Waals surface area contributed by atoms with E-state index in [0.717, 1.165) is 44.2 Å². The molecular formula is C30H35NO2. The van der Waals surface area contributed by atoms with E-state index in [1.165, 1.54) is 16.7 Å². The first-order chi connectivity index (χ1) is 15.9. The van der Waals surface area contributed by atoms with Crippen LogP contribution in [0, 0.1) is 35.0 Å². The number of allylic oxidation sites excluding steroid dienone is 4. The van der Waals surface area contributed by atoms with Gasteiger partial charge in [-0.15, -0.1) is 11.8 Å². The molecule has 1 aromatic rings. The summed E-state index contributed by atoms with van der Waals surface area (Å²) in [5.74, 6) is 8.20. The Balaban J connectivity index is 1.58. The molecule has 0 aliphatic heterocycles. The molecule has 2 fully saturated rings. The predicted molar refractivity (Wildman–Crippen MR) is 132 cm³/mol. The number of ketones is 2. The molecule has 0 heterocycles. The Hall–Kier alpha value is -2.60. The first-order valence-electron chi connectivity index (χ1n) is 12.7. The Morgan fingerprint density at radius 2 is 1.91 bits per heavy atom. The van der Waals surface area contributed by atoms with Crippen molar-refractivity contribution in [3.05, 3.63) is 52.6 Å². The maximum atomic E-state index is 13.3. The smallest absolute Gasteiger partial charge is 0.156 e. The van der Waals surface area contributed by atoms with E-state index in [1.807, 2.05) is 25.1 Å². The first kappa shape index (κ1) is 22.2. The summed E-state index contributed by atoms with van der Waals surface area (Å²) in [6.45, 7) is 4.25. The number of carbonyl (C=O) groups is 2. The third-order valence-corrected chi connectivity index (χ3v) is 9.13. The van der Waals surface area contributed by atoms with Gasteiger partial charge in [-0.2, -0.15) is 0 Å². The van der Waals surface area contributed by atoms with E-state index in [9.17, 15) is 9.59 Å². The van der Waals surface area contributed by atoms with Gasteiger partial charge in [-0.05, 0) is 97.6 Å². The Labute approximate surface area is 197 Å². The normalized spacial score (nSPS) is 32.8. The second kappa shape index (κ2) is 8.64. The summed E-state index contributed by atoms with van der Waals surface area (Å²) in [5, 5.41) is 0. The third kappa shape index (κ3) is 3.78. The highest BCUT2D eigenvalue weighted by Gasteiger charge is 2.57. The van der Waals surface area contributed by atoms with Crippen LogP contribution < -0.4 is 5.73 Å². The Bertz CT molecular complexity index is 1100. The van der Waals surface area contributed by atoms with Crippen LogP contribution in [-0.2, 0) is 9.59 Å². The van der Waals surface area contributed by atoms with Gasteiger partial charge < -0.3 is 5.73 Å². The Morgan fingerprint density at radius 1 is 1.12 bits per heavy atom. The number of Topliss-reactive ketones (excluding diaryl/α,β-unsaturated/α-hetero) is 1. The molecular weight excluding hydrogens is 406 g/mol. The second-order valence-electron chi connectivity index (χ2n) is 10.8. The van der Waals surface area contributed by atoms with Crippen LogP contribution in [-0.4, -0.2) is 11.6 Å². The number of hydrogen-bond donors (Lipinski definition) is 1. The van der Waals surface area contributed by atoms with Crippen LogP contribution in [0.1, 0.15) is 83.1 Å². The van der Waals surface area contributed by atoms with Gasteiger partial charge in [-0.1, -0.05) is 24.6 Å². The summed E-state index contributed by atoms with van der Waals surface area (Å²) >= 11 is 0. The quantitative estimate of drug-likeness (QED) is 0.450. The molecule has 0 unspecified atom stereocenters. The third-order valence-electron chi connectivity index (χ3n) is 9.13. The zero-order valence-electron chi connectivity index (χ0n) is 20.0. The van der Waals surface area contributed by atoms with Crippen molar-refractivity contribution in [1.29, 1.82) is 0 Å². The van der Waals surface area contributed by atoms with E-state index in [-0.39, 0.29) is 17.1 Å². The van der Waals surface area contributed by atoms with Crippen LogP contribution in [0.25, 0.3) is 0 Å². The van der Waals surface area contributed by atoms with E-state index in [4.69, 9.17) is 5.73 Å². The molecule has 0 aromatic heterocycles. The van der Waals surface area contributed by atoms with Crippen LogP contribution in [0.5, 0.6) is 0 Å². The van der Waals surface area contributed by atoms with Crippen molar-refractivity contribution >= 4 is 17.3 Å². The highest BCUT2D eigenvalue weighted by atomic mass is 16.1. The maximum Gasteiger partial charge on any atom is 0.156 e. The second-order valence-corrected chi connectivity index (χ2v) is 10.8. The molecule has 5 atom stereocenters. The standard InChI is InChI=1S/C30H35NO2/c1-3-4-5-6-28(33)27-16-15-26-24-13-9-20-17-22(32)12-14-23(20)29(24)25(18-30(26,27)2)19-7-10-21(31)11-8-19/h7-8,10-11,17,24-27H,5-6,9,12-16,18,31H2,1-2H3/t24-,25+,26-,27+,30-/m0/s1. The van der Waals surface area contributed by atoms with E-state index in [0.29, 0.717) is 42.8 Å². The number of fused-ring (bicyclic) bond motifs is 4. The molecule has 2 saturated carbocycles. The van der Waals surface area contributed by atoms with Gasteiger partial charge in [0.1, 0.15) is 5.78 Å². The molecule has 33 heavy (non-hydrogen) atoms. The van der Waals surface area contributed by atoms with Crippen molar-refractivity contribution in [2.24, 2.45) is 23.2 Å². The molecule has 0 bridgehead atoms. The van der Waals surface area contributed by atoms with Crippen molar-refractivity contribution in [3.8, 4) is 11.8 Å². The van der Waals surface area contributed by atoms with Crippen molar-refractivity contribution in [2.45, 2.75) is 77.6 Å². The topological polar surface area (TPSA) is 60.2 Å². The van der Waals surface area contributed by atoms with Gasteiger partial charge in [0.25, 0.3) is 0 Å². The highest BCUT2D eigenvalue weighted by molar-refractivity contribution is 5.93. The summed E-state index contributed by atoms with van der Waals surface area (Å²) in [7, 11) is 0. The molecule has 3 nitrogen and oxygen atoms in total. The molecule has 1 aromatic carbocycles. The van der Waals surface area contributed by atoms with Gasteiger partial charge in [0.15, 0.2) is 5.78 Å². The lowest BCUT2D eigenvalue weighted by molar-refractivity contribution is -0.127. The summed E-state index contributed by atoms with van der Waals surface area (Å²) in [6.07, 6.45) is 9.94. The van der Waals surface area contributed by atoms with Crippen LogP contribution in [0.2, 0.25) is 0 Å². The number of rotatable bonds is 4. The summed E-state index contributed by atoms with van der Waals surface area (Å²) < 4.78 is 0. The highest BCUT2D eigenvalue weighted by Crippen LogP contribution is 2.65. The SMILES string of the molecule is CC#CCCC(=O)[C@H]1CC[C@H]2[C@@H]3CCC4=CC(=O)CCC4=C3[C@@H](c3ccc(N)cc3)C[C@]12C. The van der Waals surface area contributed by atoms with Gasteiger partial charge in [-0.25, -0.2) is 0 Å². The van der Waals surface area contributed by atoms with E-state index >= 15 is 0 Å². The zero-order valence-corrected chi connectivity index (χ0v) is 20.0. The van der Waals surface area contributed by atoms with Gasteiger partial charge in [0.05, 0.1) is 0 Å². The van der Waals surface area contributed by atoms with Crippen LogP contribution in [0.4, 0.5) is 5.69 Å². The van der Waals surface area contributed by atoms with Gasteiger partial charge in [0, 0.05) is 36.8 Å². The van der Waals surface area contributed by atoms with Gasteiger partial charge in [0.2, 0.25) is 0 Å². The minimum atomic E-state index is 0.0171. The molecule has 4 aliphatic rings. The maximum absolute atomic E-state index is 13.3. The monoisotopic (exact) mass is 441 g/mol. The van der Waals surface area contributed by atoms with E-state index in [2.05, 4.69) is 30.9 Å². The number of hydrogen-bond acceptors (Lipinski definition) is 3. The molecule has 0 spiro atoms. The molecule has 0 radical (unpaired) electrons. The predicted octanol–water partition coefficient (Wildman–Crippen LogP) is 6.16. The number of anilines is 1. The lowest BCUT2D eigenvalue weighted by Crippen LogP contribution is -2.45. The molecule has 0 saturated heterocycles. The fourth-order valence-corrected chi connectivity index (χ4v) is 7.70. The first-order valence-corrected chi connectivity index (χ1v) is 12.7. The number of nitrogens with two attached hydrogens (primary N) is 1. The van der Waals surface area contributed by atoms with E-state index in [1.54, 1.807) is 5.57 Å². The van der Waals surface area contributed by atoms with Crippen molar-refractivity contribution in [3.63, 3.8) is 0 Å². The summed E-state index contributed by atoms with van der Waals surface area (Å²) in [4.78, 5) is 25.5. The molecule has 172 valence electrons. The zero-order chi connectivity index (χ0) is 23.2. The number of carbonyl (C=O) groups excluding carboxylic acids is 2. The fraction of sp³-hybridized carbons (Fsp3) is 0.533. The lowest BCUT2D eigenvalue weighted by Gasteiger charge is -2.52. The van der Waals surface area contributed by atoms with Crippen LogP contribution in [0.15, 0.2) is 47.1 Å². The largest absolute Gasteiger partial charge is 0.399 e. The average molecular weight is 442 g/mol. The Morgan fingerprint density at radius 3 is 2.67 bits per heavy atom. The van der Waals surface area contributed by atoms with Crippen LogP contribution >= 0.6 is 0 Å². The van der Waals surface area contributed by atoms with Crippen molar-refractivity contribution in [1.82, 2.24) is 0 Å². The van der Waals surface area contributed by atoms with E-state index < -0.39 is 0 Å². The molecule has 5 rings (SSSR count). The lowest BCUT2D eigenvalue weighted by atomic mass is 9.51. The average Bonchev–Trinajstić information content (AvgIpc) is 3.15. The number of nitrogen functional groups attached to an aromatic ring is 1. The van der Waals surface area contributed by atoms with Crippen molar-refractivity contribution in [2.75, 3.05) is 5.73 Å². The van der Waals surface area contributed by atoms with Gasteiger partial charge in [-0.3, -0.25) is 9.59 Å². The molecule has 2 N–H and O–H groups in total. The summed E-state index contributed by atoms with van der Waals surface area (Å²) in [5.41, 5.74) is 12.5. The summed E-state index contributed by atoms with van der Waals surface area (Å²) in [6, 6.07) is 8.38. The number of benzene rings is 1. The minimum Gasteiger partial charge on any atom is -0.399 e. The fourth-order valence-electron chi connectivity index (χ4n) is 7.70. The Kier molecular flexibility index (Phi) is 5.81. The molecule has 3 heteroatoms. The molecule has 4 aliphatic carbocycles. The van der Waals surface area contributed by atoms with Crippen molar-refractivity contribution < 1.29 is 9.59 Å².